The SMILES string of the molecule is CCCC[Se]C1=C(C(=O)OC)CCCC1. The molecule has 2 nitrogen and oxygen atoms in total. The molecule has 0 unspecified atom stereocenters. The number of esters is 1. The van der Waals surface area contributed by atoms with Crippen LogP contribution >= 0.6 is 0 Å². The number of hydrogen-bond donors (Lipinski definition) is 0. The first-order valence-electron chi connectivity index (χ1n) is 5.72. The van der Waals surface area contributed by atoms with E-state index in [-0.39, 0.29) is 5.97 Å². The Morgan fingerprint density at radius 1 is 1.40 bits per heavy atom. The zero-order valence-corrected chi connectivity index (χ0v) is 11.4. The molecule has 0 aliphatic heterocycles. The molecule has 0 aromatic heterocycles. The van der Waals surface area contributed by atoms with E-state index in [9.17, 15) is 4.79 Å². The molecule has 0 heterocycles. The maximum atomic E-state index is 11.5. The van der Waals surface area contributed by atoms with Gasteiger partial charge in [0.25, 0.3) is 0 Å². The fraction of sp³-hybridized carbons (Fsp3) is 0.750. The van der Waals surface area contributed by atoms with Gasteiger partial charge >= 0.3 is 98.4 Å². The summed E-state index contributed by atoms with van der Waals surface area (Å²) in [5, 5.41) is 1.28. The predicted octanol–water partition coefficient (Wildman–Crippen LogP) is 2.91. The molecule has 15 heavy (non-hydrogen) atoms. The van der Waals surface area contributed by atoms with Gasteiger partial charge in [0.15, 0.2) is 0 Å². The van der Waals surface area contributed by atoms with Crippen molar-refractivity contribution in [2.45, 2.75) is 50.8 Å². The van der Waals surface area contributed by atoms with Crippen LogP contribution in [0.25, 0.3) is 0 Å². The normalized spacial score (nSPS) is 16.7. The Balaban J connectivity index is 2.59. The molecule has 0 radical (unpaired) electrons. The second-order valence-electron chi connectivity index (χ2n) is 3.80. The van der Waals surface area contributed by atoms with Gasteiger partial charge in [-0.3, -0.25) is 0 Å². The number of rotatable bonds is 5. The zero-order valence-electron chi connectivity index (χ0n) is 9.67. The van der Waals surface area contributed by atoms with Gasteiger partial charge in [-0.25, -0.2) is 0 Å². The van der Waals surface area contributed by atoms with E-state index in [2.05, 4.69) is 6.92 Å². The molecule has 0 atom stereocenters. The molecule has 0 aromatic carbocycles. The third-order valence-electron chi connectivity index (χ3n) is 2.62. The van der Waals surface area contributed by atoms with Crippen molar-refractivity contribution in [2.24, 2.45) is 0 Å². The minimum absolute atomic E-state index is 0.0805. The number of methoxy groups -OCH3 is 1. The van der Waals surface area contributed by atoms with E-state index in [1.54, 1.807) is 0 Å². The first-order valence-corrected chi connectivity index (χ1v) is 7.79. The number of hydrogen-bond acceptors (Lipinski definition) is 2. The molecule has 0 fully saturated rings. The fourth-order valence-electron chi connectivity index (χ4n) is 1.72. The summed E-state index contributed by atoms with van der Waals surface area (Å²) in [6, 6.07) is 0. The molecular weight excluding hydrogens is 255 g/mol. The molecule has 0 saturated heterocycles. The summed E-state index contributed by atoms with van der Waals surface area (Å²) in [7, 11) is 1.49. The summed E-state index contributed by atoms with van der Waals surface area (Å²) in [6.45, 7) is 2.21. The number of carbonyl (C=O) groups excluding carboxylic acids is 1. The number of carbonyl (C=O) groups is 1. The summed E-state index contributed by atoms with van der Waals surface area (Å²) in [6.07, 6.45) is 7.02. The van der Waals surface area contributed by atoms with E-state index in [0.717, 1.165) is 24.8 Å². The van der Waals surface area contributed by atoms with Gasteiger partial charge < -0.3 is 0 Å². The monoisotopic (exact) mass is 276 g/mol. The van der Waals surface area contributed by atoms with Crippen LogP contribution in [0.15, 0.2) is 10.0 Å². The Bertz CT molecular complexity index is 246. The Hall–Kier alpha value is -0.271. The van der Waals surface area contributed by atoms with Crippen molar-refractivity contribution in [2.75, 3.05) is 7.11 Å². The molecule has 3 heteroatoms. The van der Waals surface area contributed by atoms with Gasteiger partial charge in [-0.1, -0.05) is 0 Å². The Labute approximate surface area is 98.6 Å². The standard InChI is InChI=1S/C12H20O2Se/c1-3-4-9-15-11-8-6-5-7-10(11)12(13)14-2/h3-9H2,1-2H3. The van der Waals surface area contributed by atoms with E-state index in [1.807, 2.05) is 0 Å². The number of ether oxygens (including phenoxy) is 1. The molecule has 0 amide bonds. The van der Waals surface area contributed by atoms with Crippen LogP contribution in [0.2, 0.25) is 5.32 Å². The average Bonchev–Trinajstić information content (AvgIpc) is 2.29. The summed E-state index contributed by atoms with van der Waals surface area (Å²) in [5.41, 5.74) is 1.000. The van der Waals surface area contributed by atoms with Crippen LogP contribution in [-0.4, -0.2) is 28.0 Å². The summed E-state index contributed by atoms with van der Waals surface area (Å²) < 4.78 is 6.26. The number of allylic oxidation sites excluding steroid dienone is 1. The Kier molecular flexibility index (Phi) is 6.04. The molecule has 0 bridgehead atoms. The predicted molar refractivity (Wildman–Crippen MR) is 63.0 cm³/mol. The van der Waals surface area contributed by atoms with Crippen molar-refractivity contribution < 1.29 is 9.53 Å². The van der Waals surface area contributed by atoms with Gasteiger partial charge in [-0.15, -0.1) is 0 Å². The van der Waals surface area contributed by atoms with E-state index >= 15 is 0 Å². The van der Waals surface area contributed by atoms with Gasteiger partial charge in [0.1, 0.15) is 0 Å². The van der Waals surface area contributed by atoms with Crippen molar-refractivity contribution in [3.63, 3.8) is 0 Å². The fourth-order valence-corrected chi connectivity index (χ4v) is 4.50. The minimum atomic E-state index is -0.0805. The van der Waals surface area contributed by atoms with Crippen molar-refractivity contribution in [1.29, 1.82) is 0 Å². The van der Waals surface area contributed by atoms with Gasteiger partial charge in [-0.2, -0.15) is 0 Å². The van der Waals surface area contributed by atoms with Crippen molar-refractivity contribution >= 4 is 20.9 Å². The van der Waals surface area contributed by atoms with Gasteiger partial charge in [-0.05, 0) is 0 Å². The van der Waals surface area contributed by atoms with Gasteiger partial charge in [0.2, 0.25) is 0 Å². The summed E-state index contributed by atoms with van der Waals surface area (Å²) >= 11 is 0.528. The van der Waals surface area contributed by atoms with Crippen molar-refractivity contribution in [3.8, 4) is 0 Å². The Morgan fingerprint density at radius 3 is 2.80 bits per heavy atom. The molecule has 1 rings (SSSR count). The quantitative estimate of drug-likeness (QED) is 0.438. The van der Waals surface area contributed by atoms with Gasteiger partial charge in [0.05, 0.1) is 0 Å². The summed E-state index contributed by atoms with van der Waals surface area (Å²) in [5.74, 6) is -0.0805. The van der Waals surface area contributed by atoms with Crippen LogP contribution < -0.4 is 0 Å². The van der Waals surface area contributed by atoms with E-state index in [1.165, 1.54) is 36.2 Å². The van der Waals surface area contributed by atoms with Crippen LogP contribution in [0, 0.1) is 0 Å². The first-order chi connectivity index (χ1) is 7.29. The molecule has 86 valence electrons. The molecule has 1 aliphatic rings. The van der Waals surface area contributed by atoms with E-state index < -0.39 is 0 Å². The second kappa shape index (κ2) is 7.08. The van der Waals surface area contributed by atoms with Crippen LogP contribution in [0.3, 0.4) is 0 Å². The average molecular weight is 275 g/mol. The van der Waals surface area contributed by atoms with Crippen LogP contribution in [0.4, 0.5) is 0 Å². The van der Waals surface area contributed by atoms with E-state index in [4.69, 9.17) is 4.74 Å². The maximum absolute atomic E-state index is 11.5. The molecule has 0 saturated carbocycles. The van der Waals surface area contributed by atoms with Crippen LogP contribution in [-0.2, 0) is 9.53 Å². The third-order valence-corrected chi connectivity index (χ3v) is 5.33. The zero-order chi connectivity index (χ0) is 11.1. The molecule has 0 N–H and O–H groups in total. The third kappa shape index (κ3) is 4.00. The molecule has 0 aromatic rings. The van der Waals surface area contributed by atoms with Crippen molar-refractivity contribution in [3.05, 3.63) is 10.0 Å². The van der Waals surface area contributed by atoms with Crippen LogP contribution in [0.1, 0.15) is 45.4 Å². The van der Waals surface area contributed by atoms with E-state index in [0.29, 0.717) is 15.0 Å². The summed E-state index contributed by atoms with van der Waals surface area (Å²) in [4.78, 5) is 11.5. The molecule has 1 aliphatic carbocycles. The topological polar surface area (TPSA) is 26.3 Å². The Morgan fingerprint density at radius 2 is 2.13 bits per heavy atom. The van der Waals surface area contributed by atoms with Gasteiger partial charge in [0, 0.05) is 0 Å². The van der Waals surface area contributed by atoms with Crippen LogP contribution in [0.5, 0.6) is 0 Å². The molecular formula is C12H20O2Se. The van der Waals surface area contributed by atoms with Crippen molar-refractivity contribution in [1.82, 2.24) is 0 Å². The number of unbranched alkanes of at least 4 members (excludes halogenated alkanes) is 1. The first kappa shape index (κ1) is 12.8. The second-order valence-corrected chi connectivity index (χ2v) is 6.30. The molecule has 0 spiro atoms.